The summed E-state index contributed by atoms with van der Waals surface area (Å²) in [6.07, 6.45) is 8.79. The molecule has 3 rings (SSSR count). The first kappa shape index (κ1) is 12.4. The van der Waals surface area contributed by atoms with Gasteiger partial charge in [0.05, 0.1) is 0 Å². The maximum Gasteiger partial charge on any atom is -0.00932 e. The molecule has 0 amide bonds. The second-order valence-electron chi connectivity index (χ2n) is 4.98. The number of benzene rings is 1. The third kappa shape index (κ3) is 2.46. The van der Waals surface area contributed by atoms with Crippen molar-refractivity contribution in [2.24, 2.45) is 11.8 Å². The summed E-state index contributed by atoms with van der Waals surface area (Å²) in [5.41, 5.74) is 3.02. The van der Waals surface area contributed by atoms with Gasteiger partial charge in [-0.1, -0.05) is 57.2 Å². The van der Waals surface area contributed by atoms with Crippen LogP contribution in [0.15, 0.2) is 36.4 Å². The van der Waals surface area contributed by atoms with Gasteiger partial charge in [0.2, 0.25) is 0 Å². The zero-order valence-corrected chi connectivity index (χ0v) is 11.3. The van der Waals surface area contributed by atoms with Gasteiger partial charge in [-0.15, -0.1) is 0 Å². The molecule has 2 bridgehead atoms. The van der Waals surface area contributed by atoms with Crippen molar-refractivity contribution >= 4 is 0 Å². The first-order chi connectivity index (χ1) is 8.36. The van der Waals surface area contributed by atoms with Crippen molar-refractivity contribution in [2.75, 3.05) is 0 Å². The van der Waals surface area contributed by atoms with Crippen LogP contribution in [0.2, 0.25) is 0 Å². The van der Waals surface area contributed by atoms with Crippen molar-refractivity contribution in [3.63, 3.8) is 0 Å². The summed E-state index contributed by atoms with van der Waals surface area (Å²) in [6, 6.07) is 9.28. The van der Waals surface area contributed by atoms with Crippen molar-refractivity contribution in [1.82, 2.24) is 0 Å². The summed E-state index contributed by atoms with van der Waals surface area (Å²) >= 11 is 0. The molecular weight excluding hydrogens is 204 g/mol. The lowest BCUT2D eigenvalue weighted by molar-refractivity contribution is 0.585. The van der Waals surface area contributed by atoms with Crippen LogP contribution in [0.3, 0.4) is 0 Å². The third-order valence-corrected chi connectivity index (χ3v) is 4.10. The molecule has 0 aliphatic heterocycles. The van der Waals surface area contributed by atoms with Gasteiger partial charge in [-0.2, -0.15) is 0 Å². The van der Waals surface area contributed by atoms with Crippen molar-refractivity contribution in [3.8, 4) is 0 Å². The number of hydrogen-bond donors (Lipinski definition) is 0. The van der Waals surface area contributed by atoms with Crippen LogP contribution in [0.5, 0.6) is 0 Å². The molecule has 0 heteroatoms. The van der Waals surface area contributed by atoms with Crippen LogP contribution in [0, 0.1) is 11.8 Å². The number of aryl methyl sites for hydroxylation is 1. The summed E-state index contributed by atoms with van der Waals surface area (Å²) < 4.78 is 0. The fourth-order valence-corrected chi connectivity index (χ4v) is 3.16. The zero-order valence-electron chi connectivity index (χ0n) is 11.3. The van der Waals surface area contributed by atoms with Crippen molar-refractivity contribution < 1.29 is 0 Å². The molecule has 0 spiro atoms. The van der Waals surface area contributed by atoms with E-state index in [9.17, 15) is 0 Å². The van der Waals surface area contributed by atoms with Crippen molar-refractivity contribution in [1.29, 1.82) is 0 Å². The molecule has 1 fully saturated rings. The zero-order chi connectivity index (χ0) is 12.3. The van der Waals surface area contributed by atoms with Gasteiger partial charge >= 0.3 is 0 Å². The molecule has 0 heterocycles. The van der Waals surface area contributed by atoms with E-state index in [4.69, 9.17) is 0 Å². The highest BCUT2D eigenvalue weighted by molar-refractivity contribution is 5.30. The first-order valence-electron chi connectivity index (χ1n) is 7.14. The average molecular weight is 228 g/mol. The Morgan fingerprint density at radius 1 is 1.00 bits per heavy atom. The Labute approximate surface area is 106 Å². The second-order valence-corrected chi connectivity index (χ2v) is 4.98. The molecule has 1 aromatic carbocycles. The number of fused-ring (bicyclic) bond motifs is 2. The van der Waals surface area contributed by atoms with Gasteiger partial charge in [0.25, 0.3) is 0 Å². The smallest absolute Gasteiger partial charge is 0.00932 e. The summed E-state index contributed by atoms with van der Waals surface area (Å²) in [7, 11) is 0. The third-order valence-electron chi connectivity index (χ3n) is 4.10. The van der Waals surface area contributed by atoms with E-state index in [2.05, 4.69) is 43.3 Å². The van der Waals surface area contributed by atoms with Gasteiger partial charge in [0.15, 0.2) is 0 Å². The predicted molar refractivity (Wildman–Crippen MR) is 75.3 cm³/mol. The highest BCUT2D eigenvalue weighted by atomic mass is 14.4. The van der Waals surface area contributed by atoms with Crippen LogP contribution >= 0.6 is 0 Å². The molecule has 0 radical (unpaired) electrons. The number of hydrogen-bond acceptors (Lipinski definition) is 0. The van der Waals surface area contributed by atoms with Crippen LogP contribution in [-0.2, 0) is 6.42 Å². The van der Waals surface area contributed by atoms with Gasteiger partial charge in [-0.05, 0) is 48.1 Å². The van der Waals surface area contributed by atoms with Crippen LogP contribution < -0.4 is 0 Å². The Balaban J connectivity index is 0.000000514. The molecule has 0 aromatic heterocycles. The highest BCUT2D eigenvalue weighted by Crippen LogP contribution is 2.48. The molecule has 0 saturated heterocycles. The van der Waals surface area contributed by atoms with E-state index in [1.807, 2.05) is 13.8 Å². The molecule has 2 aliphatic carbocycles. The quantitative estimate of drug-likeness (QED) is 0.628. The van der Waals surface area contributed by atoms with Crippen LogP contribution in [0.1, 0.15) is 50.7 Å². The SMILES string of the molecule is CC.CCc1ccc(C2CC3C=CC2C3)cc1. The highest BCUT2D eigenvalue weighted by Gasteiger charge is 2.36. The molecule has 1 saturated carbocycles. The fourth-order valence-electron chi connectivity index (χ4n) is 3.16. The Bertz CT molecular complexity index is 372. The molecule has 2 aliphatic rings. The van der Waals surface area contributed by atoms with Gasteiger partial charge in [-0.25, -0.2) is 0 Å². The lowest BCUT2D eigenvalue weighted by atomic mass is 9.86. The molecule has 1 aromatic rings. The van der Waals surface area contributed by atoms with Crippen molar-refractivity contribution in [3.05, 3.63) is 47.5 Å². The molecule has 17 heavy (non-hydrogen) atoms. The summed E-state index contributed by atoms with van der Waals surface area (Å²) in [5.74, 6) is 2.53. The maximum absolute atomic E-state index is 2.44. The standard InChI is InChI=1S/C15H18.C2H6/c1-2-11-3-6-13(7-4-11)15-10-12-5-8-14(15)9-12;1-2/h3-8,12,14-15H,2,9-10H2,1H3;1-2H3. The van der Waals surface area contributed by atoms with E-state index in [-0.39, 0.29) is 0 Å². The maximum atomic E-state index is 2.44. The van der Waals surface area contributed by atoms with E-state index >= 15 is 0 Å². The normalized spacial score (nSPS) is 29.0. The summed E-state index contributed by atoms with van der Waals surface area (Å²) in [6.45, 7) is 6.22. The fraction of sp³-hybridized carbons (Fsp3) is 0.529. The molecule has 0 nitrogen and oxygen atoms in total. The van der Waals surface area contributed by atoms with Crippen molar-refractivity contribution in [2.45, 2.75) is 46.0 Å². The largest absolute Gasteiger partial charge is 0.0851 e. The lowest BCUT2D eigenvalue weighted by Crippen LogP contribution is -2.04. The minimum atomic E-state index is 0.811. The van der Waals surface area contributed by atoms with Gasteiger partial charge < -0.3 is 0 Å². The van der Waals surface area contributed by atoms with E-state index in [1.165, 1.54) is 18.4 Å². The average Bonchev–Trinajstić information content (AvgIpc) is 3.03. The van der Waals surface area contributed by atoms with Gasteiger partial charge in [0, 0.05) is 0 Å². The number of allylic oxidation sites excluding steroid dienone is 2. The summed E-state index contributed by atoms with van der Waals surface area (Å²) in [4.78, 5) is 0. The van der Waals surface area contributed by atoms with Crippen LogP contribution in [0.25, 0.3) is 0 Å². The Kier molecular flexibility index (Phi) is 4.04. The van der Waals surface area contributed by atoms with E-state index in [1.54, 1.807) is 5.56 Å². The van der Waals surface area contributed by atoms with Gasteiger partial charge in [0.1, 0.15) is 0 Å². The van der Waals surface area contributed by atoms with E-state index in [0.717, 1.165) is 24.2 Å². The number of rotatable bonds is 2. The van der Waals surface area contributed by atoms with Crippen LogP contribution in [0.4, 0.5) is 0 Å². The molecule has 3 unspecified atom stereocenters. The molecule has 3 atom stereocenters. The van der Waals surface area contributed by atoms with E-state index < -0.39 is 0 Å². The first-order valence-corrected chi connectivity index (χ1v) is 7.14. The summed E-state index contributed by atoms with van der Waals surface area (Å²) in [5, 5.41) is 0. The molecule has 92 valence electrons. The Hall–Kier alpha value is -1.04. The molecule has 0 N–H and O–H groups in total. The molecular formula is C17H24. The second kappa shape index (κ2) is 5.53. The van der Waals surface area contributed by atoms with E-state index in [0.29, 0.717) is 0 Å². The Morgan fingerprint density at radius 2 is 1.71 bits per heavy atom. The van der Waals surface area contributed by atoms with Gasteiger partial charge in [-0.3, -0.25) is 0 Å². The Morgan fingerprint density at radius 3 is 2.18 bits per heavy atom. The topological polar surface area (TPSA) is 0 Å². The minimum absolute atomic E-state index is 0.811. The minimum Gasteiger partial charge on any atom is -0.0851 e. The monoisotopic (exact) mass is 228 g/mol. The predicted octanol–water partition coefficient (Wildman–Crippen LogP) is 4.95. The van der Waals surface area contributed by atoms with Crippen LogP contribution in [-0.4, -0.2) is 0 Å². The lowest BCUT2D eigenvalue weighted by Gasteiger charge is -2.18.